The predicted molar refractivity (Wildman–Crippen MR) is 111 cm³/mol. The van der Waals surface area contributed by atoms with Crippen LogP contribution in [0.1, 0.15) is 28.5 Å². The number of benzene rings is 1. The Hall–Kier alpha value is -3.38. The SMILES string of the molecule is CCOC(=O)N1CCc2c(sc(NC(=O)/C=C/c3ccc(OC)cc3F)c2C#N)C1. The summed E-state index contributed by atoms with van der Waals surface area (Å²) in [7, 11) is 1.44. The van der Waals surface area contributed by atoms with Crippen LogP contribution in [0.5, 0.6) is 5.75 Å². The van der Waals surface area contributed by atoms with E-state index < -0.39 is 17.8 Å². The van der Waals surface area contributed by atoms with Gasteiger partial charge in [-0.05, 0) is 37.1 Å². The van der Waals surface area contributed by atoms with Crippen LogP contribution in [-0.2, 0) is 22.5 Å². The van der Waals surface area contributed by atoms with Gasteiger partial charge >= 0.3 is 6.09 Å². The van der Waals surface area contributed by atoms with Crippen LogP contribution < -0.4 is 10.1 Å². The average Bonchev–Trinajstić information content (AvgIpc) is 3.08. The molecule has 1 aliphatic heterocycles. The number of nitriles is 1. The molecule has 2 aromatic rings. The Labute approximate surface area is 177 Å². The summed E-state index contributed by atoms with van der Waals surface area (Å²) in [4.78, 5) is 26.7. The van der Waals surface area contributed by atoms with Crippen LogP contribution in [0.2, 0.25) is 0 Å². The number of anilines is 1. The monoisotopic (exact) mass is 429 g/mol. The van der Waals surface area contributed by atoms with E-state index in [1.165, 1.54) is 42.7 Å². The molecule has 7 nitrogen and oxygen atoms in total. The van der Waals surface area contributed by atoms with Crippen LogP contribution in [-0.4, -0.2) is 37.2 Å². The van der Waals surface area contributed by atoms with Gasteiger partial charge in [0.1, 0.15) is 22.6 Å². The van der Waals surface area contributed by atoms with Crippen LogP contribution in [0, 0.1) is 17.1 Å². The zero-order valence-electron chi connectivity index (χ0n) is 16.5. The molecule has 0 radical (unpaired) electrons. The Balaban J connectivity index is 1.73. The van der Waals surface area contributed by atoms with Crippen molar-refractivity contribution in [1.82, 2.24) is 4.90 Å². The molecule has 3 rings (SSSR count). The van der Waals surface area contributed by atoms with Crippen LogP contribution in [0.15, 0.2) is 24.3 Å². The van der Waals surface area contributed by atoms with Gasteiger partial charge in [-0.2, -0.15) is 5.26 Å². The van der Waals surface area contributed by atoms with Gasteiger partial charge in [-0.3, -0.25) is 4.79 Å². The standard InChI is InChI=1S/C21H20FN3O4S/c1-3-29-21(27)25-9-8-15-16(11-23)20(30-18(15)12-25)24-19(26)7-5-13-4-6-14(28-2)10-17(13)22/h4-7,10H,3,8-9,12H2,1-2H3,(H,24,26)/b7-5+. The number of nitrogens with zero attached hydrogens (tertiary/aromatic N) is 2. The average molecular weight is 429 g/mol. The number of amides is 2. The molecule has 1 aromatic carbocycles. The number of thiophene rings is 1. The summed E-state index contributed by atoms with van der Waals surface area (Å²) in [6.07, 6.45) is 2.67. The van der Waals surface area contributed by atoms with Gasteiger partial charge in [0.05, 0.1) is 25.8 Å². The van der Waals surface area contributed by atoms with Gasteiger partial charge in [-0.25, -0.2) is 9.18 Å². The number of hydrogen-bond donors (Lipinski definition) is 1. The highest BCUT2D eigenvalue weighted by molar-refractivity contribution is 7.16. The number of halogens is 1. The third kappa shape index (κ3) is 4.60. The van der Waals surface area contributed by atoms with E-state index in [-0.39, 0.29) is 5.56 Å². The first-order chi connectivity index (χ1) is 14.5. The highest BCUT2D eigenvalue weighted by Crippen LogP contribution is 2.36. The van der Waals surface area contributed by atoms with Gasteiger partial charge in [0.25, 0.3) is 0 Å². The maximum absolute atomic E-state index is 14.0. The summed E-state index contributed by atoms with van der Waals surface area (Å²) in [6.45, 7) is 2.81. The zero-order chi connectivity index (χ0) is 21.7. The number of methoxy groups -OCH3 is 1. The van der Waals surface area contributed by atoms with Gasteiger partial charge in [-0.15, -0.1) is 11.3 Å². The third-order valence-electron chi connectivity index (χ3n) is 4.55. The van der Waals surface area contributed by atoms with Crippen molar-refractivity contribution in [1.29, 1.82) is 5.26 Å². The molecular weight excluding hydrogens is 409 g/mol. The molecule has 2 heterocycles. The predicted octanol–water partition coefficient (Wildman–Crippen LogP) is 3.93. The second-order valence-electron chi connectivity index (χ2n) is 6.40. The lowest BCUT2D eigenvalue weighted by Crippen LogP contribution is -2.35. The van der Waals surface area contributed by atoms with Crippen molar-refractivity contribution in [2.45, 2.75) is 19.9 Å². The first-order valence-electron chi connectivity index (χ1n) is 9.25. The van der Waals surface area contributed by atoms with Crippen molar-refractivity contribution < 1.29 is 23.5 Å². The van der Waals surface area contributed by atoms with Crippen LogP contribution in [0.25, 0.3) is 6.08 Å². The molecular formula is C21H20FN3O4S. The second kappa shape index (κ2) is 9.41. The minimum absolute atomic E-state index is 0.238. The number of nitrogens with one attached hydrogen (secondary N) is 1. The molecule has 30 heavy (non-hydrogen) atoms. The summed E-state index contributed by atoms with van der Waals surface area (Å²) < 4.78 is 24.0. The largest absolute Gasteiger partial charge is 0.497 e. The Morgan fingerprint density at radius 3 is 2.90 bits per heavy atom. The minimum atomic E-state index is -0.512. The molecule has 1 aromatic heterocycles. The molecule has 2 amide bonds. The molecule has 0 bridgehead atoms. The van der Waals surface area contributed by atoms with Crippen molar-refractivity contribution in [3.63, 3.8) is 0 Å². The summed E-state index contributed by atoms with van der Waals surface area (Å²) in [5, 5.41) is 12.7. The Kier molecular flexibility index (Phi) is 6.69. The van der Waals surface area contributed by atoms with E-state index in [4.69, 9.17) is 9.47 Å². The van der Waals surface area contributed by atoms with E-state index in [1.54, 1.807) is 17.9 Å². The fraction of sp³-hybridized carbons (Fsp3) is 0.286. The molecule has 9 heteroatoms. The number of carbonyl (C=O) groups is 2. The second-order valence-corrected chi connectivity index (χ2v) is 7.51. The molecule has 1 N–H and O–H groups in total. The van der Waals surface area contributed by atoms with Gasteiger partial charge in [0, 0.05) is 29.1 Å². The first-order valence-corrected chi connectivity index (χ1v) is 10.1. The van der Waals surface area contributed by atoms with E-state index in [2.05, 4.69) is 11.4 Å². The summed E-state index contributed by atoms with van der Waals surface area (Å²) >= 11 is 1.26. The van der Waals surface area contributed by atoms with Crippen LogP contribution >= 0.6 is 11.3 Å². The van der Waals surface area contributed by atoms with Gasteiger partial charge < -0.3 is 19.7 Å². The highest BCUT2D eigenvalue weighted by Gasteiger charge is 2.27. The molecule has 0 saturated carbocycles. The van der Waals surface area contributed by atoms with Crippen LogP contribution in [0.3, 0.4) is 0 Å². The smallest absolute Gasteiger partial charge is 0.410 e. The number of carbonyl (C=O) groups excluding carboxylic acids is 2. The van der Waals surface area contributed by atoms with Gasteiger partial charge in [-0.1, -0.05) is 0 Å². The van der Waals surface area contributed by atoms with E-state index in [0.717, 1.165) is 10.4 Å². The Morgan fingerprint density at radius 2 is 2.23 bits per heavy atom. The van der Waals surface area contributed by atoms with Gasteiger partial charge in [0.2, 0.25) is 5.91 Å². The Morgan fingerprint density at radius 1 is 1.43 bits per heavy atom. The minimum Gasteiger partial charge on any atom is -0.497 e. The molecule has 0 aliphatic carbocycles. The molecule has 0 fully saturated rings. The summed E-state index contributed by atoms with van der Waals surface area (Å²) in [5.41, 5.74) is 1.47. The zero-order valence-corrected chi connectivity index (χ0v) is 17.3. The van der Waals surface area contributed by atoms with Crippen LogP contribution in [0.4, 0.5) is 14.2 Å². The maximum Gasteiger partial charge on any atom is 0.410 e. The number of rotatable bonds is 5. The maximum atomic E-state index is 14.0. The molecule has 0 spiro atoms. The molecule has 0 atom stereocenters. The van der Waals surface area contributed by atoms with E-state index in [0.29, 0.717) is 42.4 Å². The summed E-state index contributed by atoms with van der Waals surface area (Å²) in [6, 6.07) is 6.47. The lowest BCUT2D eigenvalue weighted by molar-refractivity contribution is -0.111. The third-order valence-corrected chi connectivity index (χ3v) is 5.69. The van der Waals surface area contributed by atoms with E-state index in [1.807, 2.05) is 0 Å². The Bertz CT molecular complexity index is 1040. The molecule has 0 unspecified atom stereocenters. The lowest BCUT2D eigenvalue weighted by Gasteiger charge is -2.25. The lowest BCUT2D eigenvalue weighted by atomic mass is 10.0. The van der Waals surface area contributed by atoms with E-state index >= 15 is 0 Å². The first kappa shape index (κ1) is 21.3. The fourth-order valence-corrected chi connectivity index (χ4v) is 4.29. The van der Waals surface area contributed by atoms with Gasteiger partial charge in [0.15, 0.2) is 0 Å². The molecule has 1 aliphatic rings. The number of hydrogen-bond acceptors (Lipinski definition) is 6. The number of ether oxygens (including phenoxy) is 2. The highest BCUT2D eigenvalue weighted by atomic mass is 32.1. The molecule has 156 valence electrons. The normalized spacial score (nSPS) is 12.9. The van der Waals surface area contributed by atoms with Crippen molar-refractivity contribution in [3.05, 3.63) is 51.7 Å². The van der Waals surface area contributed by atoms with E-state index in [9.17, 15) is 19.2 Å². The van der Waals surface area contributed by atoms with Crippen molar-refractivity contribution in [3.8, 4) is 11.8 Å². The van der Waals surface area contributed by atoms with Crippen molar-refractivity contribution in [2.24, 2.45) is 0 Å². The number of fused-ring (bicyclic) bond motifs is 1. The topological polar surface area (TPSA) is 91.7 Å². The fourth-order valence-electron chi connectivity index (χ4n) is 3.07. The van der Waals surface area contributed by atoms with Crippen molar-refractivity contribution >= 4 is 34.4 Å². The molecule has 0 saturated heterocycles. The quantitative estimate of drug-likeness (QED) is 0.727. The van der Waals surface area contributed by atoms with Crippen molar-refractivity contribution in [2.75, 3.05) is 25.6 Å². The summed E-state index contributed by atoms with van der Waals surface area (Å²) in [5.74, 6) is -0.613.